The molecule has 0 aliphatic heterocycles. The Labute approximate surface area is 169 Å². The van der Waals surface area contributed by atoms with Gasteiger partial charge in [-0.1, -0.05) is 60.7 Å². The molecule has 152 valence electrons. The number of aliphatic hydroxyl groups excluding tert-OH is 1. The van der Waals surface area contributed by atoms with E-state index in [1.165, 1.54) is 0 Å². The summed E-state index contributed by atoms with van der Waals surface area (Å²) >= 11 is 0. The number of aliphatic hydroxyl groups is 1. The Bertz CT molecular complexity index is 737. The fourth-order valence-corrected chi connectivity index (χ4v) is 3.51. The van der Waals surface area contributed by atoms with E-state index in [1.54, 1.807) is 6.92 Å². The summed E-state index contributed by atoms with van der Waals surface area (Å²) < 4.78 is 5.67. The summed E-state index contributed by atoms with van der Waals surface area (Å²) in [7, 11) is 2.00. The van der Waals surface area contributed by atoms with E-state index in [0.29, 0.717) is 0 Å². The van der Waals surface area contributed by atoms with Gasteiger partial charge in [0, 0.05) is 6.04 Å². The quantitative estimate of drug-likeness (QED) is 0.701. The van der Waals surface area contributed by atoms with Crippen LogP contribution in [-0.4, -0.2) is 34.7 Å². The van der Waals surface area contributed by atoms with E-state index in [9.17, 15) is 9.90 Å². The van der Waals surface area contributed by atoms with E-state index in [-0.39, 0.29) is 18.1 Å². The molecule has 2 aromatic rings. The molecule has 0 heterocycles. The van der Waals surface area contributed by atoms with Gasteiger partial charge in [0.15, 0.2) is 0 Å². The number of rotatable bonds is 7. The minimum atomic E-state index is -0.856. The maximum atomic E-state index is 13.1. The lowest BCUT2D eigenvalue weighted by molar-refractivity contribution is -0.167. The first-order chi connectivity index (χ1) is 13.1. The molecule has 4 atom stereocenters. The Kier molecular flexibility index (Phi) is 7.39. The Morgan fingerprint density at radius 1 is 0.929 bits per heavy atom. The molecule has 2 rings (SSSR count). The van der Waals surface area contributed by atoms with Crippen LogP contribution in [0.5, 0.6) is 0 Å². The molecular formula is C24H33NO3. The molecule has 0 radical (unpaired) electrons. The highest BCUT2D eigenvalue weighted by atomic mass is 16.6. The van der Waals surface area contributed by atoms with E-state index in [1.807, 2.05) is 76.3 Å². The fourth-order valence-electron chi connectivity index (χ4n) is 3.51. The second-order valence-corrected chi connectivity index (χ2v) is 8.41. The number of carbonyl (C=O) groups is 1. The number of hydrogen-bond donors (Lipinski definition) is 1. The van der Waals surface area contributed by atoms with Crippen LogP contribution in [0.2, 0.25) is 0 Å². The summed E-state index contributed by atoms with van der Waals surface area (Å²) in [6, 6.07) is 19.8. The van der Waals surface area contributed by atoms with Crippen LogP contribution < -0.4 is 0 Å². The molecule has 0 amide bonds. The van der Waals surface area contributed by atoms with Gasteiger partial charge in [-0.3, -0.25) is 9.69 Å². The monoisotopic (exact) mass is 383 g/mol. The van der Waals surface area contributed by atoms with Gasteiger partial charge >= 0.3 is 5.97 Å². The summed E-state index contributed by atoms with van der Waals surface area (Å²) in [6.07, 6.45) is -0.856. The molecular weight excluding hydrogens is 350 g/mol. The molecule has 0 spiro atoms. The first-order valence-corrected chi connectivity index (χ1v) is 9.84. The van der Waals surface area contributed by atoms with E-state index >= 15 is 0 Å². The maximum Gasteiger partial charge on any atom is 0.314 e. The third-order valence-electron chi connectivity index (χ3n) is 5.01. The lowest BCUT2D eigenvalue weighted by Gasteiger charge is -2.39. The Balaban J connectivity index is 2.46. The van der Waals surface area contributed by atoms with Crippen molar-refractivity contribution in [1.29, 1.82) is 0 Å². The van der Waals surface area contributed by atoms with Crippen LogP contribution in [0, 0.1) is 5.92 Å². The van der Waals surface area contributed by atoms with Crippen molar-refractivity contribution >= 4 is 5.97 Å². The van der Waals surface area contributed by atoms with Crippen LogP contribution in [0.1, 0.15) is 57.8 Å². The summed E-state index contributed by atoms with van der Waals surface area (Å²) in [5, 5.41) is 10.6. The SMILES string of the molecule is C[C@H](c1ccccc1)N(C)[C@H](c1ccccc1)[C@H](C(=O)OC(C)(C)C)[C@@H](C)O. The molecule has 0 bridgehead atoms. The summed E-state index contributed by atoms with van der Waals surface area (Å²) in [4.78, 5) is 15.2. The second-order valence-electron chi connectivity index (χ2n) is 8.41. The Hall–Kier alpha value is -2.17. The van der Waals surface area contributed by atoms with Gasteiger partial charge in [0.05, 0.1) is 12.1 Å². The molecule has 28 heavy (non-hydrogen) atoms. The van der Waals surface area contributed by atoms with Crippen molar-refractivity contribution in [2.75, 3.05) is 7.05 Å². The average Bonchev–Trinajstić information content (AvgIpc) is 2.64. The van der Waals surface area contributed by atoms with Crippen LogP contribution in [0.4, 0.5) is 0 Å². The molecule has 0 saturated heterocycles. The Morgan fingerprint density at radius 2 is 1.39 bits per heavy atom. The molecule has 0 aliphatic rings. The predicted octanol–water partition coefficient (Wildman–Crippen LogP) is 4.76. The average molecular weight is 384 g/mol. The van der Waals surface area contributed by atoms with Crippen molar-refractivity contribution in [2.24, 2.45) is 5.92 Å². The van der Waals surface area contributed by atoms with Crippen LogP contribution in [0.3, 0.4) is 0 Å². The lowest BCUT2D eigenvalue weighted by atomic mass is 9.86. The Morgan fingerprint density at radius 3 is 1.82 bits per heavy atom. The van der Waals surface area contributed by atoms with Gasteiger partial charge in [0.1, 0.15) is 11.5 Å². The largest absolute Gasteiger partial charge is 0.460 e. The highest BCUT2D eigenvalue weighted by Crippen LogP contribution is 2.37. The lowest BCUT2D eigenvalue weighted by Crippen LogP contribution is -2.43. The van der Waals surface area contributed by atoms with Gasteiger partial charge in [0.25, 0.3) is 0 Å². The topological polar surface area (TPSA) is 49.8 Å². The number of ether oxygens (including phenoxy) is 1. The van der Waals surface area contributed by atoms with Crippen LogP contribution in [0.15, 0.2) is 60.7 Å². The standard InChI is InChI=1S/C24H33NO3/c1-17(19-13-9-7-10-14-19)25(6)22(20-15-11-8-12-16-20)21(18(2)26)23(27)28-24(3,4)5/h7-18,21-22,26H,1-6H3/t17-,18-,21-,22-/m1/s1. The molecule has 2 aromatic carbocycles. The summed E-state index contributed by atoms with van der Waals surface area (Å²) in [6.45, 7) is 9.30. The zero-order valence-corrected chi connectivity index (χ0v) is 17.8. The molecule has 4 heteroatoms. The first kappa shape index (κ1) is 22.1. The van der Waals surface area contributed by atoms with Crippen molar-refractivity contribution < 1.29 is 14.6 Å². The molecule has 1 N–H and O–H groups in total. The molecule has 0 saturated carbocycles. The third-order valence-corrected chi connectivity index (χ3v) is 5.01. The second kappa shape index (κ2) is 9.35. The van der Waals surface area contributed by atoms with Gasteiger partial charge in [-0.05, 0) is 52.8 Å². The highest BCUT2D eigenvalue weighted by molar-refractivity contribution is 5.74. The van der Waals surface area contributed by atoms with Crippen molar-refractivity contribution in [1.82, 2.24) is 4.90 Å². The first-order valence-electron chi connectivity index (χ1n) is 9.84. The van der Waals surface area contributed by atoms with Crippen molar-refractivity contribution in [3.05, 3.63) is 71.8 Å². The van der Waals surface area contributed by atoms with Crippen molar-refractivity contribution in [3.63, 3.8) is 0 Å². The van der Waals surface area contributed by atoms with E-state index in [2.05, 4.69) is 24.0 Å². The number of carbonyl (C=O) groups excluding carboxylic acids is 1. The summed E-state index contributed by atoms with van der Waals surface area (Å²) in [5.41, 5.74) is 1.51. The molecule has 0 aromatic heterocycles. The van der Waals surface area contributed by atoms with Gasteiger partial charge in [0.2, 0.25) is 0 Å². The number of nitrogens with zero attached hydrogens (tertiary/aromatic N) is 1. The zero-order chi connectivity index (χ0) is 20.9. The van der Waals surface area contributed by atoms with Gasteiger partial charge in [-0.15, -0.1) is 0 Å². The predicted molar refractivity (Wildman–Crippen MR) is 113 cm³/mol. The molecule has 0 unspecified atom stereocenters. The number of esters is 1. The third kappa shape index (κ3) is 5.66. The van der Waals surface area contributed by atoms with E-state index in [4.69, 9.17) is 4.74 Å². The van der Waals surface area contributed by atoms with Crippen LogP contribution in [0.25, 0.3) is 0 Å². The molecule has 0 fully saturated rings. The normalized spacial score (nSPS) is 16.3. The number of hydrogen-bond acceptors (Lipinski definition) is 4. The van der Waals surface area contributed by atoms with Crippen LogP contribution >= 0.6 is 0 Å². The number of benzene rings is 2. The van der Waals surface area contributed by atoms with Gasteiger partial charge in [-0.25, -0.2) is 0 Å². The highest BCUT2D eigenvalue weighted by Gasteiger charge is 2.40. The minimum Gasteiger partial charge on any atom is -0.460 e. The summed E-state index contributed by atoms with van der Waals surface area (Å²) in [5.74, 6) is -1.10. The van der Waals surface area contributed by atoms with Gasteiger partial charge < -0.3 is 9.84 Å². The van der Waals surface area contributed by atoms with E-state index < -0.39 is 17.6 Å². The molecule has 4 nitrogen and oxygen atoms in total. The van der Waals surface area contributed by atoms with Gasteiger partial charge in [-0.2, -0.15) is 0 Å². The van der Waals surface area contributed by atoms with E-state index in [0.717, 1.165) is 11.1 Å². The zero-order valence-electron chi connectivity index (χ0n) is 17.8. The minimum absolute atomic E-state index is 0.0510. The van der Waals surface area contributed by atoms with Crippen molar-refractivity contribution in [3.8, 4) is 0 Å². The van der Waals surface area contributed by atoms with Crippen LogP contribution in [-0.2, 0) is 9.53 Å². The maximum absolute atomic E-state index is 13.1. The van der Waals surface area contributed by atoms with Crippen molar-refractivity contribution in [2.45, 2.75) is 58.4 Å². The molecule has 0 aliphatic carbocycles. The smallest absolute Gasteiger partial charge is 0.314 e. The fraction of sp³-hybridized carbons (Fsp3) is 0.458.